The summed E-state index contributed by atoms with van der Waals surface area (Å²) in [7, 11) is 2.10. The molecule has 27 heavy (non-hydrogen) atoms. The third kappa shape index (κ3) is 3.30. The quantitative estimate of drug-likeness (QED) is 0.584. The van der Waals surface area contributed by atoms with Crippen molar-refractivity contribution < 1.29 is 0 Å². The van der Waals surface area contributed by atoms with Crippen LogP contribution < -0.4 is 4.90 Å². The molecule has 1 saturated heterocycles. The number of nitrogens with one attached hydrogen (secondary N) is 1. The fourth-order valence-corrected chi connectivity index (χ4v) is 4.07. The molecular weight excluding hydrogens is 334 g/mol. The summed E-state index contributed by atoms with van der Waals surface area (Å²) in [6.07, 6.45) is 6.78. The van der Waals surface area contributed by atoms with Crippen molar-refractivity contribution in [1.29, 1.82) is 0 Å². The molecule has 1 aliphatic heterocycles. The van der Waals surface area contributed by atoms with Crippen LogP contribution in [-0.4, -0.2) is 39.4 Å². The fraction of sp³-hybridized carbons (Fsp3) is 0.318. The molecule has 3 aromatic heterocycles. The minimum absolute atomic E-state index is 0.840. The molecule has 1 aliphatic rings. The van der Waals surface area contributed by atoms with Gasteiger partial charge in [0.2, 0.25) is 0 Å². The van der Waals surface area contributed by atoms with Crippen molar-refractivity contribution in [3.8, 4) is 0 Å². The van der Waals surface area contributed by atoms with Gasteiger partial charge in [-0.3, -0.25) is 4.90 Å². The maximum atomic E-state index is 4.71. The zero-order valence-corrected chi connectivity index (χ0v) is 15.7. The number of likely N-dealkylation sites (tertiary alicyclic amines) is 1. The Kier molecular flexibility index (Phi) is 4.09. The summed E-state index contributed by atoms with van der Waals surface area (Å²) in [6.45, 7) is 4.33. The van der Waals surface area contributed by atoms with Crippen LogP contribution in [0.15, 0.2) is 54.9 Å². The SMILES string of the molecule is CN(Cc1ccc2[nH]c(CN3CCCC3)cc2c1)c1cn2ccccc2n1. The maximum absolute atomic E-state index is 4.71. The molecule has 4 heterocycles. The van der Waals surface area contributed by atoms with Gasteiger partial charge in [0.25, 0.3) is 0 Å². The molecular formula is C22H25N5. The van der Waals surface area contributed by atoms with E-state index in [2.05, 4.69) is 56.7 Å². The minimum Gasteiger partial charge on any atom is -0.357 e. The van der Waals surface area contributed by atoms with Crippen LogP contribution in [0.2, 0.25) is 0 Å². The molecule has 138 valence electrons. The van der Waals surface area contributed by atoms with Gasteiger partial charge in [-0.05, 0) is 61.8 Å². The Balaban J connectivity index is 1.34. The van der Waals surface area contributed by atoms with E-state index >= 15 is 0 Å². The molecule has 0 unspecified atom stereocenters. The highest BCUT2D eigenvalue weighted by atomic mass is 15.2. The van der Waals surface area contributed by atoms with Gasteiger partial charge in [0.05, 0.1) is 6.20 Å². The number of hydrogen-bond donors (Lipinski definition) is 1. The molecule has 5 nitrogen and oxygen atoms in total. The van der Waals surface area contributed by atoms with Crippen LogP contribution in [0, 0.1) is 0 Å². The molecule has 0 saturated carbocycles. The zero-order chi connectivity index (χ0) is 18.2. The molecule has 0 radical (unpaired) electrons. The van der Waals surface area contributed by atoms with Crippen LogP contribution >= 0.6 is 0 Å². The van der Waals surface area contributed by atoms with Gasteiger partial charge in [-0.15, -0.1) is 0 Å². The van der Waals surface area contributed by atoms with Crippen LogP contribution in [-0.2, 0) is 13.1 Å². The van der Waals surface area contributed by atoms with Gasteiger partial charge >= 0.3 is 0 Å². The number of imidazole rings is 1. The number of anilines is 1. The smallest absolute Gasteiger partial charge is 0.147 e. The summed E-state index contributed by atoms with van der Waals surface area (Å²) in [5.41, 5.74) is 4.82. The first kappa shape index (κ1) is 16.4. The van der Waals surface area contributed by atoms with Crippen molar-refractivity contribution in [1.82, 2.24) is 19.3 Å². The van der Waals surface area contributed by atoms with Gasteiger partial charge in [-0.1, -0.05) is 12.1 Å². The van der Waals surface area contributed by atoms with E-state index in [1.807, 2.05) is 24.4 Å². The van der Waals surface area contributed by atoms with Crippen molar-refractivity contribution >= 4 is 22.4 Å². The number of rotatable bonds is 5. The van der Waals surface area contributed by atoms with Crippen LogP contribution in [0.1, 0.15) is 24.1 Å². The van der Waals surface area contributed by atoms with Gasteiger partial charge in [0.15, 0.2) is 0 Å². The lowest BCUT2D eigenvalue weighted by Gasteiger charge is -2.16. The second-order valence-corrected chi connectivity index (χ2v) is 7.62. The first-order chi connectivity index (χ1) is 13.2. The third-order valence-electron chi connectivity index (χ3n) is 5.50. The molecule has 0 aliphatic carbocycles. The Bertz CT molecular complexity index is 1040. The predicted molar refractivity (Wildman–Crippen MR) is 110 cm³/mol. The van der Waals surface area contributed by atoms with Crippen LogP contribution in [0.3, 0.4) is 0 Å². The maximum Gasteiger partial charge on any atom is 0.147 e. The van der Waals surface area contributed by atoms with E-state index in [0.717, 1.165) is 24.6 Å². The molecule has 1 aromatic carbocycles. The van der Waals surface area contributed by atoms with Crippen LogP contribution in [0.25, 0.3) is 16.6 Å². The Morgan fingerprint density at radius 1 is 1.11 bits per heavy atom. The lowest BCUT2D eigenvalue weighted by Crippen LogP contribution is -2.18. The van der Waals surface area contributed by atoms with Crippen molar-refractivity contribution in [3.05, 3.63) is 66.1 Å². The zero-order valence-electron chi connectivity index (χ0n) is 15.7. The molecule has 5 rings (SSSR count). The molecule has 0 spiro atoms. The van der Waals surface area contributed by atoms with Gasteiger partial charge in [0, 0.05) is 42.9 Å². The minimum atomic E-state index is 0.840. The lowest BCUT2D eigenvalue weighted by atomic mass is 10.1. The number of benzene rings is 1. The number of nitrogens with zero attached hydrogens (tertiary/aromatic N) is 4. The van der Waals surface area contributed by atoms with Gasteiger partial charge in [0.1, 0.15) is 11.5 Å². The Hall–Kier alpha value is -2.79. The topological polar surface area (TPSA) is 39.6 Å². The summed E-state index contributed by atoms with van der Waals surface area (Å²) >= 11 is 0. The number of fused-ring (bicyclic) bond motifs is 2. The van der Waals surface area contributed by atoms with Gasteiger partial charge in [-0.25, -0.2) is 4.98 Å². The summed E-state index contributed by atoms with van der Waals surface area (Å²) in [5, 5.41) is 1.30. The highest BCUT2D eigenvalue weighted by Gasteiger charge is 2.13. The summed E-state index contributed by atoms with van der Waals surface area (Å²) < 4.78 is 2.06. The van der Waals surface area contributed by atoms with E-state index in [-0.39, 0.29) is 0 Å². The van der Waals surface area contributed by atoms with Gasteiger partial charge < -0.3 is 14.3 Å². The third-order valence-corrected chi connectivity index (χ3v) is 5.50. The number of pyridine rings is 1. The second-order valence-electron chi connectivity index (χ2n) is 7.62. The van der Waals surface area contributed by atoms with E-state index in [1.54, 1.807) is 0 Å². The largest absolute Gasteiger partial charge is 0.357 e. The predicted octanol–water partition coefficient (Wildman–Crippen LogP) is 4.05. The monoisotopic (exact) mass is 359 g/mol. The van der Waals surface area contributed by atoms with Crippen molar-refractivity contribution in [2.24, 2.45) is 0 Å². The normalized spacial score (nSPS) is 15.1. The average Bonchev–Trinajstić information content (AvgIpc) is 3.40. The van der Waals surface area contributed by atoms with E-state index in [4.69, 9.17) is 4.98 Å². The average molecular weight is 359 g/mol. The first-order valence-corrected chi connectivity index (χ1v) is 9.72. The summed E-state index contributed by atoms with van der Waals surface area (Å²) in [6, 6.07) is 15.1. The van der Waals surface area contributed by atoms with Crippen molar-refractivity contribution in [2.45, 2.75) is 25.9 Å². The number of hydrogen-bond acceptors (Lipinski definition) is 3. The van der Waals surface area contributed by atoms with Crippen molar-refractivity contribution in [3.63, 3.8) is 0 Å². The Morgan fingerprint density at radius 2 is 2.00 bits per heavy atom. The molecule has 0 amide bonds. The lowest BCUT2D eigenvalue weighted by molar-refractivity contribution is 0.328. The number of aromatic amines is 1. The molecule has 1 fully saturated rings. The Labute approximate surface area is 159 Å². The summed E-state index contributed by atoms with van der Waals surface area (Å²) in [4.78, 5) is 13.0. The van der Waals surface area contributed by atoms with E-state index in [0.29, 0.717) is 0 Å². The molecule has 1 N–H and O–H groups in total. The second kappa shape index (κ2) is 6.74. The first-order valence-electron chi connectivity index (χ1n) is 9.72. The summed E-state index contributed by atoms with van der Waals surface area (Å²) in [5.74, 6) is 0.991. The van der Waals surface area contributed by atoms with E-state index in [9.17, 15) is 0 Å². The standard InChI is InChI=1S/C22H25N5/c1-25(22-16-27-11-3-2-6-21(27)24-22)14-17-7-8-20-18(12-17)13-19(23-20)15-26-9-4-5-10-26/h2-3,6-8,11-13,16,23H,4-5,9-10,14-15H2,1H3. The van der Waals surface area contributed by atoms with Gasteiger partial charge in [-0.2, -0.15) is 0 Å². The molecule has 5 heteroatoms. The number of aromatic nitrogens is 3. The fourth-order valence-electron chi connectivity index (χ4n) is 4.07. The van der Waals surface area contributed by atoms with Crippen LogP contribution in [0.5, 0.6) is 0 Å². The highest BCUT2D eigenvalue weighted by molar-refractivity contribution is 5.81. The molecule has 0 atom stereocenters. The van der Waals surface area contributed by atoms with Crippen LogP contribution in [0.4, 0.5) is 5.82 Å². The van der Waals surface area contributed by atoms with E-state index < -0.39 is 0 Å². The molecule has 0 bridgehead atoms. The van der Waals surface area contributed by atoms with E-state index in [1.165, 1.54) is 48.1 Å². The highest BCUT2D eigenvalue weighted by Crippen LogP contribution is 2.22. The Morgan fingerprint density at radius 3 is 2.85 bits per heavy atom. The van der Waals surface area contributed by atoms with Crippen molar-refractivity contribution in [2.75, 3.05) is 25.0 Å². The number of H-pyrrole nitrogens is 1. The molecule has 4 aromatic rings.